The molecular formula is C23H35NO7S. The van der Waals surface area contributed by atoms with E-state index in [0.717, 1.165) is 19.3 Å². The van der Waals surface area contributed by atoms with Gasteiger partial charge in [0.15, 0.2) is 0 Å². The normalized spacial score (nSPS) is 15.1. The van der Waals surface area contributed by atoms with Crippen LogP contribution in [-0.4, -0.2) is 61.5 Å². The van der Waals surface area contributed by atoms with E-state index in [0.29, 0.717) is 19.3 Å². The summed E-state index contributed by atoms with van der Waals surface area (Å²) in [6.45, 7) is 0. The average Bonchev–Trinajstić information content (AvgIpc) is 2.72. The van der Waals surface area contributed by atoms with E-state index in [1.54, 1.807) is 18.2 Å². The zero-order valence-corrected chi connectivity index (χ0v) is 19.0. The average molecular weight is 470 g/mol. The highest BCUT2D eigenvalue weighted by Gasteiger charge is 2.20. The second-order valence-electron chi connectivity index (χ2n) is 7.14. The molecule has 0 aromatic rings. The van der Waals surface area contributed by atoms with Crippen LogP contribution in [0.15, 0.2) is 48.6 Å². The number of unbranched alkanes of at least 4 members (excludes halogenated alkanes) is 2. The van der Waals surface area contributed by atoms with Gasteiger partial charge in [0, 0.05) is 23.8 Å². The lowest BCUT2D eigenvalue weighted by Crippen LogP contribution is -2.34. The molecule has 0 aliphatic carbocycles. The molecular weight excluding hydrogens is 434 g/mol. The van der Waals surface area contributed by atoms with Crippen molar-refractivity contribution in [3.63, 3.8) is 0 Å². The van der Waals surface area contributed by atoms with Gasteiger partial charge < -0.3 is 26.2 Å². The molecule has 180 valence electrons. The molecule has 0 aliphatic heterocycles. The number of allylic oxidation sites excluding steroid dienone is 7. The van der Waals surface area contributed by atoms with Gasteiger partial charge in [-0.1, -0.05) is 48.6 Å². The Hall–Kier alpha value is -2.36. The second kappa shape index (κ2) is 19.3. The van der Waals surface area contributed by atoms with Crippen LogP contribution in [-0.2, 0) is 14.4 Å². The molecule has 0 aromatic heterocycles. The first-order valence-corrected chi connectivity index (χ1v) is 11.7. The third-order valence-corrected chi connectivity index (χ3v) is 5.68. The van der Waals surface area contributed by atoms with Crippen LogP contribution in [0.2, 0.25) is 0 Å². The summed E-state index contributed by atoms with van der Waals surface area (Å²) in [5, 5.41) is 36.1. The molecule has 8 nitrogen and oxygen atoms in total. The molecule has 0 spiro atoms. The number of carbonyl (C=O) groups is 3. The number of aliphatic carboxylic acids is 3. The standard InChI is InChI=1S/C23H35NO7S/c24-18(23(30)31)17-32-20(19(25)13-12-16-22(28)29)14-10-8-6-4-2-1-3-5-7-9-11-15-21(26)27/h2-6,8,10,14,18-20,25H,1,7,9,11-13,15-17,24H2,(H,26,27)(H,28,29)(H,30,31). The lowest BCUT2D eigenvalue weighted by Gasteiger charge is -2.20. The molecule has 0 radical (unpaired) electrons. The third kappa shape index (κ3) is 18.4. The first kappa shape index (κ1) is 29.6. The number of carboxylic acids is 3. The summed E-state index contributed by atoms with van der Waals surface area (Å²) < 4.78 is 0. The summed E-state index contributed by atoms with van der Waals surface area (Å²) in [5.74, 6) is -2.67. The van der Waals surface area contributed by atoms with Crippen LogP contribution in [0.1, 0.15) is 51.4 Å². The van der Waals surface area contributed by atoms with Crippen LogP contribution in [0.5, 0.6) is 0 Å². The van der Waals surface area contributed by atoms with Gasteiger partial charge in [0.25, 0.3) is 0 Å². The minimum Gasteiger partial charge on any atom is -0.481 e. The highest BCUT2D eigenvalue weighted by Crippen LogP contribution is 2.21. The molecule has 0 fully saturated rings. The van der Waals surface area contributed by atoms with Gasteiger partial charge in [0.2, 0.25) is 0 Å². The molecule has 0 saturated heterocycles. The molecule has 0 aromatic carbocycles. The summed E-state index contributed by atoms with van der Waals surface area (Å²) in [6.07, 6.45) is 18.2. The maximum atomic E-state index is 10.9. The molecule has 3 atom stereocenters. The number of hydrogen-bond acceptors (Lipinski definition) is 6. The topological polar surface area (TPSA) is 158 Å². The maximum Gasteiger partial charge on any atom is 0.321 e. The summed E-state index contributed by atoms with van der Waals surface area (Å²) >= 11 is 1.23. The lowest BCUT2D eigenvalue weighted by atomic mass is 10.1. The fourth-order valence-corrected chi connectivity index (χ4v) is 3.63. The number of aliphatic hydroxyl groups is 1. The predicted octanol–water partition coefficient (Wildman–Crippen LogP) is 3.38. The lowest BCUT2D eigenvalue weighted by molar-refractivity contribution is -0.138. The first-order chi connectivity index (χ1) is 15.2. The quantitative estimate of drug-likeness (QED) is 0.109. The van der Waals surface area contributed by atoms with Gasteiger partial charge in [0.1, 0.15) is 6.04 Å². The van der Waals surface area contributed by atoms with Crippen LogP contribution >= 0.6 is 11.8 Å². The van der Waals surface area contributed by atoms with Crippen molar-refractivity contribution in [3.8, 4) is 0 Å². The minimum atomic E-state index is -1.11. The van der Waals surface area contributed by atoms with Gasteiger partial charge in [0.05, 0.1) is 6.10 Å². The number of rotatable bonds is 19. The van der Waals surface area contributed by atoms with Crippen molar-refractivity contribution in [1.29, 1.82) is 0 Å². The van der Waals surface area contributed by atoms with E-state index in [2.05, 4.69) is 0 Å². The Morgan fingerprint density at radius 1 is 0.844 bits per heavy atom. The number of carboxylic acid groups (broad SMARTS) is 3. The molecule has 0 bridgehead atoms. The second-order valence-corrected chi connectivity index (χ2v) is 8.35. The first-order valence-electron chi connectivity index (χ1n) is 10.6. The number of nitrogens with two attached hydrogens (primary N) is 1. The highest BCUT2D eigenvalue weighted by atomic mass is 32.2. The van der Waals surface area contributed by atoms with E-state index in [-0.39, 0.29) is 18.6 Å². The zero-order chi connectivity index (χ0) is 24.2. The van der Waals surface area contributed by atoms with Crippen molar-refractivity contribution in [1.82, 2.24) is 0 Å². The van der Waals surface area contributed by atoms with Crippen molar-refractivity contribution in [2.24, 2.45) is 5.73 Å². The van der Waals surface area contributed by atoms with Crippen LogP contribution in [0.3, 0.4) is 0 Å². The molecule has 0 aliphatic rings. The summed E-state index contributed by atoms with van der Waals surface area (Å²) in [7, 11) is 0. The van der Waals surface area contributed by atoms with Crippen molar-refractivity contribution in [2.45, 2.75) is 68.8 Å². The molecule has 9 heteroatoms. The number of aliphatic hydroxyl groups excluding tert-OH is 1. The van der Waals surface area contributed by atoms with Gasteiger partial charge >= 0.3 is 17.9 Å². The largest absolute Gasteiger partial charge is 0.481 e. The van der Waals surface area contributed by atoms with Crippen LogP contribution in [0.25, 0.3) is 0 Å². The Balaban J connectivity index is 4.44. The Morgan fingerprint density at radius 3 is 2.16 bits per heavy atom. The fraction of sp³-hybridized carbons (Fsp3) is 0.522. The molecule has 0 heterocycles. The molecule has 0 amide bonds. The monoisotopic (exact) mass is 469 g/mol. The SMILES string of the molecule is NC(CSC(C=CC=CC=CCC=CCCCCC(=O)O)C(O)CCCC(=O)O)C(=O)O. The maximum absolute atomic E-state index is 10.9. The predicted molar refractivity (Wildman–Crippen MR) is 127 cm³/mol. The van der Waals surface area contributed by atoms with E-state index >= 15 is 0 Å². The van der Waals surface area contributed by atoms with E-state index < -0.39 is 35.3 Å². The summed E-state index contributed by atoms with van der Waals surface area (Å²) in [4.78, 5) is 31.9. The van der Waals surface area contributed by atoms with Gasteiger partial charge in [-0.3, -0.25) is 14.4 Å². The van der Waals surface area contributed by atoms with Crippen molar-refractivity contribution >= 4 is 29.7 Å². The van der Waals surface area contributed by atoms with E-state index in [1.165, 1.54) is 11.8 Å². The Kier molecular flexibility index (Phi) is 17.9. The Bertz CT molecular complexity index is 673. The van der Waals surface area contributed by atoms with E-state index in [9.17, 15) is 19.5 Å². The smallest absolute Gasteiger partial charge is 0.321 e. The van der Waals surface area contributed by atoms with Gasteiger partial charge in [-0.2, -0.15) is 0 Å². The Morgan fingerprint density at radius 2 is 1.50 bits per heavy atom. The highest BCUT2D eigenvalue weighted by molar-refractivity contribution is 8.00. The van der Waals surface area contributed by atoms with Crippen molar-refractivity contribution in [3.05, 3.63) is 48.6 Å². The zero-order valence-electron chi connectivity index (χ0n) is 18.2. The van der Waals surface area contributed by atoms with Gasteiger partial charge in [-0.25, -0.2) is 0 Å². The number of hydrogen-bond donors (Lipinski definition) is 5. The molecule has 3 unspecified atom stereocenters. The van der Waals surface area contributed by atoms with Crippen molar-refractivity contribution in [2.75, 3.05) is 5.75 Å². The van der Waals surface area contributed by atoms with Gasteiger partial charge in [-0.15, -0.1) is 11.8 Å². The van der Waals surface area contributed by atoms with E-state index in [1.807, 2.05) is 30.4 Å². The number of thioether (sulfide) groups is 1. The third-order valence-electron chi connectivity index (χ3n) is 4.28. The van der Waals surface area contributed by atoms with Crippen LogP contribution in [0.4, 0.5) is 0 Å². The van der Waals surface area contributed by atoms with Crippen LogP contribution in [0, 0.1) is 0 Å². The fourth-order valence-electron chi connectivity index (χ4n) is 2.50. The molecule has 0 rings (SSSR count). The molecule has 6 N–H and O–H groups in total. The summed E-state index contributed by atoms with van der Waals surface area (Å²) in [6, 6.07) is -1.04. The van der Waals surface area contributed by atoms with Crippen molar-refractivity contribution < 1.29 is 34.8 Å². The van der Waals surface area contributed by atoms with Crippen LogP contribution < -0.4 is 5.73 Å². The van der Waals surface area contributed by atoms with Gasteiger partial charge in [-0.05, 0) is 38.5 Å². The molecule has 32 heavy (non-hydrogen) atoms. The van der Waals surface area contributed by atoms with E-state index in [4.69, 9.17) is 21.1 Å². The minimum absolute atomic E-state index is 0.0335. The molecule has 0 saturated carbocycles. The Labute approximate surface area is 193 Å². The summed E-state index contributed by atoms with van der Waals surface area (Å²) in [5.41, 5.74) is 5.53.